The van der Waals surface area contributed by atoms with Gasteiger partial charge in [-0.1, -0.05) is 0 Å². The average molecular weight is 484 g/mol. The molecule has 0 aliphatic rings. The van der Waals surface area contributed by atoms with Gasteiger partial charge in [0.15, 0.2) is 0 Å². The summed E-state index contributed by atoms with van der Waals surface area (Å²) in [4.78, 5) is 8.02. The van der Waals surface area contributed by atoms with Crippen LogP contribution in [0, 0.1) is 0 Å². The van der Waals surface area contributed by atoms with Crippen LogP contribution in [0.15, 0.2) is 0 Å². The van der Waals surface area contributed by atoms with Crippen molar-refractivity contribution >= 4 is 0 Å². The molecule has 0 saturated carbocycles. The summed E-state index contributed by atoms with van der Waals surface area (Å²) in [5.41, 5.74) is 0. The maximum atomic E-state index is 2.73. The lowest BCUT2D eigenvalue weighted by Gasteiger charge is -2.47. The summed E-state index contributed by atoms with van der Waals surface area (Å²) in [5.74, 6) is 0. The highest BCUT2D eigenvalue weighted by molar-refractivity contribution is 4.71. The predicted octanol–water partition coefficient (Wildman–Crippen LogP) is 6.74. The molecule has 0 bridgehead atoms. The molecule has 0 aromatic carbocycles. The highest BCUT2D eigenvalue weighted by Crippen LogP contribution is 2.22. The maximum absolute atomic E-state index is 2.73. The minimum Gasteiger partial charge on any atom is -0.320 e. The Balaban J connectivity index is 5.03. The van der Waals surface area contributed by atoms with Crippen LogP contribution in [0.25, 0.3) is 0 Å². The molecule has 0 aliphatic heterocycles. The molecule has 0 amide bonds. The first-order valence-electron chi connectivity index (χ1n) is 14.8. The molecule has 0 aromatic heterocycles. The van der Waals surface area contributed by atoms with Gasteiger partial charge in [0.2, 0.25) is 0 Å². The number of nitrogens with zero attached hydrogens (tertiary/aromatic N) is 4. The van der Waals surface area contributed by atoms with Gasteiger partial charge in [-0.2, -0.15) is 0 Å². The van der Waals surface area contributed by atoms with Crippen LogP contribution >= 0.6 is 0 Å². The molecular weight excluding hydrogens is 416 g/mol. The molecule has 4 nitrogen and oxygen atoms in total. The van der Waals surface area contributed by atoms with Gasteiger partial charge in [-0.3, -0.25) is 9.80 Å². The van der Waals surface area contributed by atoms with E-state index in [4.69, 9.17) is 0 Å². The van der Waals surface area contributed by atoms with E-state index in [1.807, 2.05) is 0 Å². The molecule has 4 heteroatoms. The molecule has 34 heavy (non-hydrogen) atoms. The first-order chi connectivity index (χ1) is 15.7. The number of quaternary nitrogens is 1. The van der Waals surface area contributed by atoms with E-state index in [0.29, 0.717) is 42.3 Å². The van der Waals surface area contributed by atoms with E-state index >= 15 is 0 Å². The zero-order chi connectivity index (χ0) is 26.6. The zero-order valence-electron chi connectivity index (χ0n) is 26.2. The van der Waals surface area contributed by atoms with Crippen LogP contribution in [-0.2, 0) is 0 Å². The van der Waals surface area contributed by atoms with Crippen LogP contribution in [0.5, 0.6) is 0 Å². The van der Waals surface area contributed by atoms with Crippen molar-refractivity contribution in [2.45, 2.75) is 158 Å². The second-order valence-electron chi connectivity index (χ2n) is 12.8. The van der Waals surface area contributed by atoms with Crippen LogP contribution in [0.4, 0.5) is 0 Å². The molecule has 0 saturated heterocycles. The standard InChI is InChI=1S/C30H67N4/c1-24(2)31(18-15-20-32(25(3)4)26(5)6)19-16-22-34(29(11)12,30(13)14)23-17-21-33(27(7)8)28(9)10/h24-30H,15-23H2,1-14H3/q+1. The zero-order valence-corrected chi connectivity index (χ0v) is 26.2. The quantitative estimate of drug-likeness (QED) is 0.188. The maximum Gasteiger partial charge on any atom is 0.0835 e. The van der Waals surface area contributed by atoms with Crippen molar-refractivity contribution in [3.05, 3.63) is 0 Å². The van der Waals surface area contributed by atoms with Crippen molar-refractivity contribution in [1.82, 2.24) is 14.7 Å². The van der Waals surface area contributed by atoms with E-state index < -0.39 is 0 Å². The van der Waals surface area contributed by atoms with E-state index in [1.165, 1.54) is 63.0 Å². The van der Waals surface area contributed by atoms with Crippen LogP contribution in [0.3, 0.4) is 0 Å². The van der Waals surface area contributed by atoms with E-state index in [1.54, 1.807) is 0 Å². The van der Waals surface area contributed by atoms with Crippen LogP contribution < -0.4 is 0 Å². The van der Waals surface area contributed by atoms with Crippen molar-refractivity contribution in [1.29, 1.82) is 0 Å². The third-order valence-corrected chi connectivity index (χ3v) is 8.31. The SMILES string of the molecule is CC(C)N(CCCN(C(C)C)C(C)C)CCC[N+](CCCN(C(C)C)C(C)C)(C(C)C)C(C)C. The Morgan fingerprint density at radius 2 is 0.735 bits per heavy atom. The summed E-state index contributed by atoms with van der Waals surface area (Å²) < 4.78 is 1.25. The summed E-state index contributed by atoms with van der Waals surface area (Å²) in [6.07, 6.45) is 3.86. The molecule has 0 N–H and O–H groups in total. The smallest absolute Gasteiger partial charge is 0.0835 e. The molecule has 0 atom stereocenters. The monoisotopic (exact) mass is 484 g/mol. The van der Waals surface area contributed by atoms with E-state index in [9.17, 15) is 0 Å². The third kappa shape index (κ3) is 11.3. The average Bonchev–Trinajstić information content (AvgIpc) is 2.69. The lowest BCUT2D eigenvalue weighted by Crippen LogP contribution is -2.59. The lowest BCUT2D eigenvalue weighted by atomic mass is 10.1. The fourth-order valence-corrected chi connectivity index (χ4v) is 6.17. The molecular formula is C30H67N4+. The summed E-state index contributed by atoms with van der Waals surface area (Å²) in [6.45, 7) is 40.7. The predicted molar refractivity (Wildman–Crippen MR) is 155 cm³/mol. The lowest BCUT2D eigenvalue weighted by molar-refractivity contribution is -0.967. The molecule has 0 unspecified atom stereocenters. The fourth-order valence-electron chi connectivity index (χ4n) is 6.17. The Bertz CT molecular complexity index is 472. The minimum absolute atomic E-state index is 0.622. The van der Waals surface area contributed by atoms with Gasteiger partial charge in [0.1, 0.15) is 0 Å². The summed E-state index contributed by atoms with van der Waals surface area (Å²) >= 11 is 0. The molecule has 0 heterocycles. The van der Waals surface area contributed by atoms with Crippen LogP contribution in [0.2, 0.25) is 0 Å². The Morgan fingerprint density at radius 3 is 1.06 bits per heavy atom. The molecule has 0 aromatic rings. The molecule has 0 fully saturated rings. The molecule has 0 rings (SSSR count). The van der Waals surface area contributed by atoms with Gasteiger partial charge in [0.05, 0.1) is 25.2 Å². The van der Waals surface area contributed by atoms with Crippen molar-refractivity contribution in [3.8, 4) is 0 Å². The van der Waals surface area contributed by atoms with Crippen molar-refractivity contribution in [2.75, 3.05) is 39.3 Å². The summed E-state index contributed by atoms with van der Waals surface area (Å²) in [6, 6.07) is 4.48. The van der Waals surface area contributed by atoms with Crippen LogP contribution in [0.1, 0.15) is 116 Å². The van der Waals surface area contributed by atoms with Gasteiger partial charge < -0.3 is 9.38 Å². The van der Waals surface area contributed by atoms with E-state index in [-0.39, 0.29) is 0 Å². The van der Waals surface area contributed by atoms with Gasteiger partial charge in [0, 0.05) is 56.1 Å². The minimum atomic E-state index is 0.622. The highest BCUT2D eigenvalue weighted by atomic mass is 15.4. The molecule has 0 radical (unpaired) electrons. The number of hydrogen-bond donors (Lipinski definition) is 0. The second kappa shape index (κ2) is 16.6. The Kier molecular flexibility index (Phi) is 16.5. The topological polar surface area (TPSA) is 9.72 Å². The largest absolute Gasteiger partial charge is 0.320 e. The molecule has 0 aliphatic carbocycles. The van der Waals surface area contributed by atoms with Crippen LogP contribution in [-0.4, -0.2) is 101 Å². The first-order valence-corrected chi connectivity index (χ1v) is 14.8. The van der Waals surface area contributed by atoms with Crippen molar-refractivity contribution in [2.24, 2.45) is 0 Å². The molecule has 0 spiro atoms. The van der Waals surface area contributed by atoms with Gasteiger partial charge in [-0.05, 0) is 116 Å². The number of hydrogen-bond acceptors (Lipinski definition) is 3. The van der Waals surface area contributed by atoms with Crippen molar-refractivity contribution < 1.29 is 4.48 Å². The van der Waals surface area contributed by atoms with E-state index in [2.05, 4.69) is 112 Å². The Morgan fingerprint density at radius 1 is 0.412 bits per heavy atom. The molecule has 206 valence electrons. The van der Waals surface area contributed by atoms with Gasteiger partial charge >= 0.3 is 0 Å². The van der Waals surface area contributed by atoms with Gasteiger partial charge in [-0.25, -0.2) is 0 Å². The second-order valence-corrected chi connectivity index (χ2v) is 12.8. The first kappa shape index (κ1) is 33.8. The Labute approximate surface area is 217 Å². The Hall–Kier alpha value is -0.160. The summed E-state index contributed by atoms with van der Waals surface area (Å²) in [5, 5.41) is 0. The third-order valence-electron chi connectivity index (χ3n) is 8.31. The normalized spacial score (nSPS) is 13.8. The van der Waals surface area contributed by atoms with Gasteiger partial charge in [-0.15, -0.1) is 0 Å². The van der Waals surface area contributed by atoms with Crippen molar-refractivity contribution in [3.63, 3.8) is 0 Å². The van der Waals surface area contributed by atoms with Gasteiger partial charge in [0.25, 0.3) is 0 Å². The number of rotatable bonds is 19. The fraction of sp³-hybridized carbons (Fsp3) is 1.00. The van der Waals surface area contributed by atoms with E-state index in [0.717, 1.165) is 0 Å². The highest BCUT2D eigenvalue weighted by Gasteiger charge is 2.34. The summed E-state index contributed by atoms with van der Waals surface area (Å²) in [7, 11) is 0.